The van der Waals surface area contributed by atoms with E-state index in [1.165, 1.54) is 5.19 Å². The van der Waals surface area contributed by atoms with E-state index in [1.54, 1.807) is 19.1 Å². The van der Waals surface area contributed by atoms with E-state index in [9.17, 15) is 14.7 Å². The van der Waals surface area contributed by atoms with Gasteiger partial charge < -0.3 is 24.4 Å². The average Bonchev–Trinajstić information content (AvgIpc) is 3.31. The van der Waals surface area contributed by atoms with Gasteiger partial charge in [0.25, 0.3) is 5.91 Å². The van der Waals surface area contributed by atoms with Gasteiger partial charge in [0.1, 0.15) is 5.75 Å². The highest BCUT2D eigenvalue weighted by Gasteiger charge is 2.65. The summed E-state index contributed by atoms with van der Waals surface area (Å²) in [7, 11) is 1.27. The second-order valence-corrected chi connectivity index (χ2v) is 15.9. The van der Waals surface area contributed by atoms with E-state index in [0.29, 0.717) is 19.4 Å². The molecular formula is C29H38N2O5Si. The lowest BCUT2D eigenvalue weighted by Crippen LogP contribution is -2.51. The Balaban J connectivity index is 1.60. The third kappa shape index (κ3) is 3.92. The Morgan fingerprint density at radius 1 is 1.14 bits per heavy atom. The van der Waals surface area contributed by atoms with Crippen LogP contribution >= 0.6 is 0 Å². The molecule has 0 unspecified atom stereocenters. The zero-order valence-electron chi connectivity index (χ0n) is 22.5. The van der Waals surface area contributed by atoms with Crippen molar-refractivity contribution in [3.05, 3.63) is 48.0 Å². The zero-order chi connectivity index (χ0) is 26.5. The highest BCUT2D eigenvalue weighted by molar-refractivity contribution is 6.91. The molecular weight excluding hydrogens is 484 g/mol. The number of aliphatic hydroxyl groups is 1. The van der Waals surface area contributed by atoms with E-state index < -0.39 is 13.7 Å². The van der Waals surface area contributed by atoms with Crippen LogP contribution < -0.4 is 19.7 Å². The first-order chi connectivity index (χ1) is 17.7. The summed E-state index contributed by atoms with van der Waals surface area (Å²) in [6, 6.07) is 14.2. The number of carbonyl (C=O) groups excluding carboxylic acids is 2. The lowest BCUT2D eigenvalue weighted by atomic mass is 9.82. The van der Waals surface area contributed by atoms with Gasteiger partial charge in [0.15, 0.2) is 5.60 Å². The summed E-state index contributed by atoms with van der Waals surface area (Å²) in [6.45, 7) is 7.49. The van der Waals surface area contributed by atoms with Crippen LogP contribution in [0.25, 0.3) is 0 Å². The molecule has 2 aromatic carbocycles. The van der Waals surface area contributed by atoms with E-state index >= 15 is 0 Å². The number of piperidine rings is 1. The van der Waals surface area contributed by atoms with Gasteiger partial charge in [-0.1, -0.05) is 37.3 Å². The molecule has 4 atom stereocenters. The Hall–Kier alpha value is -2.68. The largest absolute Gasteiger partial charge is 0.497 e. The molecule has 0 radical (unpaired) electrons. The van der Waals surface area contributed by atoms with Crippen LogP contribution in [0.4, 0.5) is 11.4 Å². The Morgan fingerprint density at radius 2 is 1.86 bits per heavy atom. The van der Waals surface area contributed by atoms with Gasteiger partial charge in [-0.05, 0) is 55.1 Å². The Labute approximate surface area is 220 Å². The quantitative estimate of drug-likeness (QED) is 0.584. The summed E-state index contributed by atoms with van der Waals surface area (Å²) in [5.41, 5.74) is 1.46. The van der Waals surface area contributed by atoms with Gasteiger partial charge >= 0.3 is 0 Å². The Kier molecular flexibility index (Phi) is 6.71. The van der Waals surface area contributed by atoms with Crippen LogP contribution in [0.2, 0.25) is 18.6 Å². The highest BCUT2D eigenvalue weighted by Crippen LogP contribution is 2.60. The highest BCUT2D eigenvalue weighted by atomic mass is 28.3. The normalized spacial score (nSPS) is 27.8. The van der Waals surface area contributed by atoms with Crippen molar-refractivity contribution in [1.29, 1.82) is 0 Å². The number of amides is 2. The summed E-state index contributed by atoms with van der Waals surface area (Å²) in [6.07, 6.45) is 2.66. The Morgan fingerprint density at radius 3 is 2.51 bits per heavy atom. The van der Waals surface area contributed by atoms with Crippen LogP contribution in [0, 0.1) is 5.92 Å². The molecule has 3 aliphatic rings. The predicted molar refractivity (Wildman–Crippen MR) is 147 cm³/mol. The second kappa shape index (κ2) is 9.56. The summed E-state index contributed by atoms with van der Waals surface area (Å²) in [5.74, 6) is 0.759. The van der Waals surface area contributed by atoms with Crippen molar-refractivity contribution in [2.24, 2.45) is 5.92 Å². The molecule has 2 saturated heterocycles. The number of nitrogens with zero attached hydrogens (tertiary/aromatic N) is 2. The molecule has 8 heteroatoms. The Bertz CT molecular complexity index is 1200. The summed E-state index contributed by atoms with van der Waals surface area (Å²) >= 11 is 0. The molecule has 2 aromatic rings. The second-order valence-electron chi connectivity index (χ2n) is 11.2. The summed E-state index contributed by atoms with van der Waals surface area (Å²) in [4.78, 5) is 30.3. The number of likely N-dealkylation sites (N-methyl/N-ethyl adjacent to an activating group) is 1. The minimum atomic E-state index is -2.20. The molecule has 7 nitrogen and oxygen atoms in total. The molecule has 198 valence electrons. The monoisotopic (exact) mass is 522 g/mol. The van der Waals surface area contributed by atoms with Crippen molar-refractivity contribution in [2.75, 3.05) is 37.1 Å². The van der Waals surface area contributed by atoms with Crippen molar-refractivity contribution in [2.45, 2.75) is 62.9 Å². The number of aliphatic hydroxyl groups excluding tert-OH is 1. The molecule has 2 amide bonds. The van der Waals surface area contributed by atoms with E-state index in [0.717, 1.165) is 35.5 Å². The molecule has 37 heavy (non-hydrogen) atoms. The number of methoxy groups -OCH3 is 1. The maximum Gasteiger partial charge on any atom is 0.264 e. The number of ether oxygens (including phenoxy) is 2. The van der Waals surface area contributed by atoms with Gasteiger partial charge in [-0.3, -0.25) is 9.59 Å². The van der Waals surface area contributed by atoms with Gasteiger partial charge in [-0.25, -0.2) is 0 Å². The van der Waals surface area contributed by atoms with Crippen LogP contribution in [0.3, 0.4) is 0 Å². The minimum Gasteiger partial charge on any atom is -0.497 e. The van der Waals surface area contributed by atoms with Crippen LogP contribution in [-0.4, -0.2) is 58.4 Å². The third-order valence-electron chi connectivity index (χ3n) is 9.00. The lowest BCUT2D eigenvalue weighted by Gasteiger charge is -2.37. The standard InChI is InChI=1S/C29H38N2O5Si/c1-19-27(37(4,5)22-12-10-21(35-3)11-13-22)25(15-17-32)36-29(19)23-18-20(31-16-7-6-8-26(31)33)9-14-24(23)30(2)28(29)34/h9-14,18-19,25,27,32H,6-8,15-17H2,1-5H3/t19-,25+,27-,29+/m1/s1. The number of hydrogen-bond acceptors (Lipinski definition) is 5. The minimum absolute atomic E-state index is 0.00370. The first kappa shape index (κ1) is 25.9. The first-order valence-corrected chi connectivity index (χ1v) is 16.4. The maximum atomic E-state index is 14.0. The predicted octanol–water partition coefficient (Wildman–Crippen LogP) is 3.79. The van der Waals surface area contributed by atoms with Gasteiger partial charge in [-0.15, -0.1) is 0 Å². The number of benzene rings is 2. The van der Waals surface area contributed by atoms with Crippen molar-refractivity contribution >= 4 is 36.4 Å². The summed E-state index contributed by atoms with van der Waals surface area (Å²) in [5, 5.41) is 11.3. The van der Waals surface area contributed by atoms with Crippen molar-refractivity contribution in [3.8, 4) is 5.75 Å². The van der Waals surface area contributed by atoms with Crippen LogP contribution in [0.1, 0.15) is 38.2 Å². The average molecular weight is 523 g/mol. The zero-order valence-corrected chi connectivity index (χ0v) is 23.5. The first-order valence-electron chi connectivity index (χ1n) is 13.3. The van der Waals surface area contributed by atoms with Gasteiger partial charge in [0.05, 0.1) is 27.0 Å². The molecule has 0 bridgehead atoms. The molecule has 1 N–H and O–H groups in total. The molecule has 0 saturated carbocycles. The molecule has 0 aliphatic carbocycles. The molecule has 1 spiro atoms. The van der Waals surface area contributed by atoms with Gasteiger partial charge in [0.2, 0.25) is 5.91 Å². The van der Waals surface area contributed by atoms with Crippen molar-refractivity contribution < 1.29 is 24.2 Å². The smallest absolute Gasteiger partial charge is 0.264 e. The molecule has 3 heterocycles. The van der Waals surface area contributed by atoms with Crippen LogP contribution in [0.15, 0.2) is 42.5 Å². The molecule has 2 fully saturated rings. The number of fused-ring (bicyclic) bond motifs is 2. The van der Waals surface area contributed by atoms with Crippen molar-refractivity contribution in [1.82, 2.24) is 0 Å². The van der Waals surface area contributed by atoms with Gasteiger partial charge in [0, 0.05) is 43.8 Å². The van der Waals surface area contributed by atoms with E-state index in [1.807, 2.05) is 35.2 Å². The SMILES string of the molecule is COc1ccc([Si](C)(C)[C@H]2[C@H](CCO)O[C@@]3(C(=O)N(C)c4ccc(N5CCCCC5=O)cc43)[C@@H]2C)cc1. The summed E-state index contributed by atoms with van der Waals surface area (Å²) < 4.78 is 12.2. The number of hydrogen-bond donors (Lipinski definition) is 1. The fourth-order valence-electron chi connectivity index (χ4n) is 7.05. The molecule has 0 aromatic heterocycles. The van der Waals surface area contributed by atoms with Crippen molar-refractivity contribution in [3.63, 3.8) is 0 Å². The van der Waals surface area contributed by atoms with E-state index in [-0.39, 0.29) is 36.0 Å². The third-order valence-corrected chi connectivity index (χ3v) is 13.4. The van der Waals surface area contributed by atoms with Gasteiger partial charge in [-0.2, -0.15) is 0 Å². The fraction of sp³-hybridized carbons (Fsp3) is 0.517. The van der Waals surface area contributed by atoms with Crippen LogP contribution in [0.5, 0.6) is 5.75 Å². The lowest BCUT2D eigenvalue weighted by molar-refractivity contribution is -0.145. The number of carbonyl (C=O) groups is 2. The number of anilines is 2. The molecule has 3 aliphatic heterocycles. The fourth-order valence-corrected chi connectivity index (χ4v) is 11.1. The van der Waals surface area contributed by atoms with Crippen LogP contribution in [-0.2, 0) is 19.9 Å². The van der Waals surface area contributed by atoms with E-state index in [4.69, 9.17) is 9.47 Å². The number of rotatable bonds is 6. The van der Waals surface area contributed by atoms with E-state index in [2.05, 4.69) is 32.2 Å². The maximum absolute atomic E-state index is 14.0. The topological polar surface area (TPSA) is 79.3 Å². The molecule has 5 rings (SSSR count).